The van der Waals surface area contributed by atoms with Crippen LogP contribution in [0.1, 0.15) is 5.56 Å². The molecule has 0 heterocycles. The number of nitrogens with zero attached hydrogens (tertiary/aromatic N) is 1. The molecule has 60 valence electrons. The zero-order valence-corrected chi connectivity index (χ0v) is 6.36. The second kappa shape index (κ2) is 3.51. The number of benzene rings is 1. The molecular weight excluding hydrogens is 154 g/mol. The summed E-state index contributed by atoms with van der Waals surface area (Å²) in [5, 5.41) is 10.3. The largest absolute Gasteiger partial charge is 0.270 e. The molecule has 0 aliphatic rings. The molecule has 0 radical (unpaired) electrons. The molecular formula is C9H7NO2. The van der Waals surface area contributed by atoms with Gasteiger partial charge in [0.2, 0.25) is 0 Å². The number of hydrogen-bond donors (Lipinski definition) is 0. The van der Waals surface area contributed by atoms with Crippen molar-refractivity contribution in [2.75, 3.05) is 0 Å². The summed E-state index contributed by atoms with van der Waals surface area (Å²) >= 11 is 0. The standard InChI is InChI=1S/C9H7NO2/c1-2-4-8-5-3-6-9(7-8)10(11)12/h3-7H,1H2. The Balaban J connectivity index is 3.11. The fourth-order valence-corrected chi connectivity index (χ4v) is 0.846. The van der Waals surface area contributed by atoms with Crippen LogP contribution in [0.25, 0.3) is 6.08 Å². The zero-order chi connectivity index (χ0) is 8.97. The lowest BCUT2D eigenvalue weighted by molar-refractivity contribution is -0.384. The molecule has 0 fully saturated rings. The van der Waals surface area contributed by atoms with Gasteiger partial charge in [0.25, 0.3) is 5.69 Å². The monoisotopic (exact) mass is 161 g/mol. The van der Waals surface area contributed by atoms with E-state index >= 15 is 0 Å². The third kappa shape index (κ3) is 1.81. The first kappa shape index (κ1) is 8.24. The first-order valence-corrected chi connectivity index (χ1v) is 3.34. The summed E-state index contributed by atoms with van der Waals surface area (Å²) < 4.78 is 0. The molecule has 1 aromatic carbocycles. The number of nitro benzene ring substituents is 1. The lowest BCUT2D eigenvalue weighted by Gasteiger charge is -1.91. The van der Waals surface area contributed by atoms with Crippen LogP contribution in [0.5, 0.6) is 0 Å². The molecule has 1 rings (SSSR count). The summed E-state index contributed by atoms with van der Waals surface area (Å²) in [7, 11) is 0. The lowest BCUT2D eigenvalue weighted by atomic mass is 10.2. The average molecular weight is 161 g/mol. The van der Waals surface area contributed by atoms with E-state index in [1.54, 1.807) is 18.2 Å². The van der Waals surface area contributed by atoms with E-state index in [0.717, 1.165) is 5.56 Å². The Morgan fingerprint density at radius 1 is 1.58 bits per heavy atom. The van der Waals surface area contributed by atoms with Crippen molar-refractivity contribution in [2.24, 2.45) is 0 Å². The van der Waals surface area contributed by atoms with Crippen molar-refractivity contribution in [2.45, 2.75) is 0 Å². The van der Waals surface area contributed by atoms with Crippen molar-refractivity contribution in [3.8, 4) is 0 Å². The van der Waals surface area contributed by atoms with Gasteiger partial charge in [-0.2, -0.15) is 0 Å². The van der Waals surface area contributed by atoms with Gasteiger partial charge in [-0.1, -0.05) is 18.7 Å². The van der Waals surface area contributed by atoms with Crippen LogP contribution in [-0.4, -0.2) is 4.92 Å². The second-order valence-electron chi connectivity index (χ2n) is 2.20. The van der Waals surface area contributed by atoms with Gasteiger partial charge in [0.15, 0.2) is 0 Å². The van der Waals surface area contributed by atoms with E-state index in [2.05, 4.69) is 12.3 Å². The molecule has 0 saturated carbocycles. The van der Waals surface area contributed by atoms with Gasteiger partial charge in [-0.15, -0.1) is 5.73 Å². The second-order valence-corrected chi connectivity index (χ2v) is 2.20. The van der Waals surface area contributed by atoms with Crippen molar-refractivity contribution in [3.05, 3.63) is 52.3 Å². The van der Waals surface area contributed by atoms with Crippen LogP contribution >= 0.6 is 0 Å². The molecule has 12 heavy (non-hydrogen) atoms. The van der Waals surface area contributed by atoms with Crippen LogP contribution in [-0.2, 0) is 0 Å². The predicted molar refractivity (Wildman–Crippen MR) is 46.7 cm³/mol. The van der Waals surface area contributed by atoms with E-state index in [1.807, 2.05) is 0 Å². The first-order chi connectivity index (χ1) is 5.74. The summed E-state index contributed by atoms with van der Waals surface area (Å²) in [6.45, 7) is 3.38. The van der Waals surface area contributed by atoms with Crippen molar-refractivity contribution in [1.82, 2.24) is 0 Å². The van der Waals surface area contributed by atoms with Gasteiger partial charge in [0.05, 0.1) is 4.92 Å². The van der Waals surface area contributed by atoms with Crippen molar-refractivity contribution in [1.29, 1.82) is 0 Å². The first-order valence-electron chi connectivity index (χ1n) is 3.34. The van der Waals surface area contributed by atoms with E-state index in [1.165, 1.54) is 12.1 Å². The molecule has 0 atom stereocenters. The topological polar surface area (TPSA) is 43.1 Å². The molecule has 0 aliphatic heterocycles. The Bertz CT molecular complexity index is 334. The molecule has 0 unspecified atom stereocenters. The molecule has 0 bridgehead atoms. The highest BCUT2D eigenvalue weighted by Gasteiger charge is 2.02. The van der Waals surface area contributed by atoms with Crippen LogP contribution in [0, 0.1) is 10.1 Å². The molecule has 3 heteroatoms. The number of nitro groups is 1. The van der Waals surface area contributed by atoms with Gasteiger partial charge in [-0.05, 0) is 11.6 Å². The number of hydrogen-bond acceptors (Lipinski definition) is 2. The van der Waals surface area contributed by atoms with Crippen molar-refractivity contribution >= 4 is 11.8 Å². The average Bonchev–Trinajstić information content (AvgIpc) is 2.05. The summed E-state index contributed by atoms with van der Waals surface area (Å²) in [4.78, 5) is 9.88. The zero-order valence-electron chi connectivity index (χ0n) is 6.36. The minimum Gasteiger partial charge on any atom is -0.258 e. The lowest BCUT2D eigenvalue weighted by Crippen LogP contribution is -1.86. The highest BCUT2D eigenvalue weighted by molar-refractivity contribution is 5.52. The molecule has 0 amide bonds. The third-order valence-corrected chi connectivity index (χ3v) is 1.35. The SMILES string of the molecule is C=C=Cc1cccc([N+](=O)[O-])c1. The molecule has 0 aromatic heterocycles. The minimum atomic E-state index is -0.430. The Morgan fingerprint density at radius 3 is 2.92 bits per heavy atom. The Hall–Kier alpha value is -1.86. The smallest absolute Gasteiger partial charge is 0.258 e. The maximum absolute atomic E-state index is 10.3. The van der Waals surface area contributed by atoms with Gasteiger partial charge in [-0.25, -0.2) is 0 Å². The Labute approximate surface area is 69.8 Å². The van der Waals surface area contributed by atoms with Gasteiger partial charge in [0.1, 0.15) is 0 Å². The fourth-order valence-electron chi connectivity index (χ4n) is 0.846. The molecule has 0 spiro atoms. The minimum absolute atomic E-state index is 0.0824. The predicted octanol–water partition coefficient (Wildman–Crippen LogP) is 2.39. The van der Waals surface area contributed by atoms with Gasteiger partial charge >= 0.3 is 0 Å². The van der Waals surface area contributed by atoms with E-state index in [9.17, 15) is 10.1 Å². The highest BCUT2D eigenvalue weighted by atomic mass is 16.6. The van der Waals surface area contributed by atoms with Crippen LogP contribution < -0.4 is 0 Å². The number of non-ortho nitro benzene ring substituents is 1. The van der Waals surface area contributed by atoms with E-state index in [0.29, 0.717) is 0 Å². The summed E-state index contributed by atoms with van der Waals surface area (Å²) in [5.74, 6) is 0. The van der Waals surface area contributed by atoms with Crippen LogP contribution in [0.15, 0.2) is 36.6 Å². The van der Waals surface area contributed by atoms with Crippen molar-refractivity contribution in [3.63, 3.8) is 0 Å². The summed E-state index contributed by atoms with van der Waals surface area (Å²) in [5.41, 5.74) is 3.37. The van der Waals surface area contributed by atoms with Crippen LogP contribution in [0.4, 0.5) is 5.69 Å². The van der Waals surface area contributed by atoms with Gasteiger partial charge in [0, 0.05) is 12.1 Å². The molecule has 1 aromatic rings. The summed E-state index contributed by atoms with van der Waals surface area (Å²) in [6.07, 6.45) is 1.59. The van der Waals surface area contributed by atoms with Crippen LogP contribution in [0.3, 0.4) is 0 Å². The van der Waals surface area contributed by atoms with Crippen molar-refractivity contribution < 1.29 is 4.92 Å². The Morgan fingerprint density at radius 2 is 2.33 bits per heavy atom. The maximum Gasteiger partial charge on any atom is 0.270 e. The maximum atomic E-state index is 10.3. The van der Waals surface area contributed by atoms with Gasteiger partial charge in [-0.3, -0.25) is 10.1 Å². The quantitative estimate of drug-likeness (QED) is 0.379. The molecule has 0 saturated heterocycles. The normalized spacial score (nSPS) is 8.67. The molecule has 0 N–H and O–H groups in total. The highest BCUT2D eigenvalue weighted by Crippen LogP contribution is 2.13. The third-order valence-electron chi connectivity index (χ3n) is 1.35. The van der Waals surface area contributed by atoms with Gasteiger partial charge < -0.3 is 0 Å². The Kier molecular flexibility index (Phi) is 2.41. The summed E-state index contributed by atoms with van der Waals surface area (Å²) in [6, 6.07) is 6.30. The fraction of sp³-hybridized carbons (Fsp3) is 0. The van der Waals surface area contributed by atoms with E-state index in [-0.39, 0.29) is 5.69 Å². The number of rotatable bonds is 2. The van der Waals surface area contributed by atoms with E-state index in [4.69, 9.17) is 0 Å². The van der Waals surface area contributed by atoms with Crippen LogP contribution in [0.2, 0.25) is 0 Å². The molecule has 3 nitrogen and oxygen atoms in total. The van der Waals surface area contributed by atoms with E-state index < -0.39 is 4.92 Å². The molecule has 0 aliphatic carbocycles.